The summed E-state index contributed by atoms with van der Waals surface area (Å²) >= 11 is 1.73. The van der Waals surface area contributed by atoms with Gasteiger partial charge in [0.15, 0.2) is 5.65 Å². The second kappa shape index (κ2) is 7.11. The van der Waals surface area contributed by atoms with Crippen molar-refractivity contribution in [2.75, 3.05) is 12.8 Å². The summed E-state index contributed by atoms with van der Waals surface area (Å²) in [5, 5.41) is 4.54. The second-order valence-corrected chi connectivity index (χ2v) is 7.58. The maximum Gasteiger partial charge on any atom is 0.223 e. The zero-order valence-corrected chi connectivity index (χ0v) is 15.9. The molecule has 0 saturated heterocycles. The maximum absolute atomic E-state index is 12.7. The number of carbonyl (C=O) groups excluding carboxylic acids is 1. The molecule has 134 valence electrons. The zero-order chi connectivity index (χ0) is 18.1. The van der Waals surface area contributed by atoms with Crippen LogP contribution in [-0.4, -0.2) is 38.2 Å². The van der Waals surface area contributed by atoms with E-state index in [1.165, 1.54) is 16.2 Å². The number of thioether (sulfide) groups is 1. The van der Waals surface area contributed by atoms with Crippen molar-refractivity contribution in [1.82, 2.24) is 19.5 Å². The highest BCUT2D eigenvalue weighted by atomic mass is 32.2. The number of hydrogen-bond donors (Lipinski definition) is 0. The molecule has 3 aromatic rings. The minimum atomic E-state index is 0.210. The van der Waals surface area contributed by atoms with E-state index in [0.29, 0.717) is 13.0 Å². The predicted molar refractivity (Wildman–Crippen MR) is 103 cm³/mol. The van der Waals surface area contributed by atoms with Crippen LogP contribution in [0.3, 0.4) is 0 Å². The van der Waals surface area contributed by atoms with Crippen molar-refractivity contribution >= 4 is 23.3 Å². The summed E-state index contributed by atoms with van der Waals surface area (Å²) < 4.78 is 1.93. The Balaban J connectivity index is 1.42. The molecule has 0 bridgehead atoms. The maximum atomic E-state index is 12.7. The lowest BCUT2D eigenvalue weighted by molar-refractivity contribution is -0.132. The molecule has 5 nitrogen and oxygen atoms in total. The molecule has 0 spiro atoms. The minimum Gasteiger partial charge on any atom is -0.338 e. The first-order valence-corrected chi connectivity index (χ1v) is 10.1. The molecule has 0 aliphatic carbocycles. The highest BCUT2D eigenvalue weighted by Gasteiger charge is 2.23. The molecule has 3 heterocycles. The zero-order valence-electron chi connectivity index (χ0n) is 15.1. The molecule has 0 saturated carbocycles. The standard InChI is InChI=1S/C20H22N4OS/c1-14-11-19-21-12-16-13-23(10-9-18(16)24(19)22-14)20(25)8-5-15-3-6-17(26-2)7-4-15/h3-4,6-7,11-12H,5,8-10,13H2,1-2H3. The summed E-state index contributed by atoms with van der Waals surface area (Å²) in [5.74, 6) is 0.210. The van der Waals surface area contributed by atoms with Gasteiger partial charge in [-0.05, 0) is 37.3 Å². The molecule has 6 heteroatoms. The van der Waals surface area contributed by atoms with E-state index >= 15 is 0 Å². The molecule has 2 aromatic heterocycles. The average molecular weight is 366 g/mol. The highest BCUT2D eigenvalue weighted by Crippen LogP contribution is 2.21. The van der Waals surface area contributed by atoms with Gasteiger partial charge in [0.25, 0.3) is 0 Å². The van der Waals surface area contributed by atoms with Gasteiger partial charge in [0.1, 0.15) is 0 Å². The molecule has 1 aliphatic rings. The van der Waals surface area contributed by atoms with Crippen LogP contribution in [0.2, 0.25) is 0 Å². The van der Waals surface area contributed by atoms with Gasteiger partial charge in [-0.15, -0.1) is 11.8 Å². The summed E-state index contributed by atoms with van der Waals surface area (Å²) in [6.07, 6.45) is 6.12. The predicted octanol–water partition coefficient (Wildman–Crippen LogP) is 3.28. The normalized spacial score (nSPS) is 13.8. The molecular weight excluding hydrogens is 344 g/mol. The number of carbonyl (C=O) groups is 1. The van der Waals surface area contributed by atoms with Crippen LogP contribution in [0, 0.1) is 6.92 Å². The largest absolute Gasteiger partial charge is 0.338 e. The number of benzene rings is 1. The van der Waals surface area contributed by atoms with Crippen molar-refractivity contribution in [2.24, 2.45) is 0 Å². The third-order valence-corrected chi connectivity index (χ3v) is 5.65. The van der Waals surface area contributed by atoms with Crippen LogP contribution < -0.4 is 0 Å². The van der Waals surface area contributed by atoms with Gasteiger partial charge in [0.05, 0.1) is 11.4 Å². The SMILES string of the molecule is CSc1ccc(CCC(=O)N2CCc3c(cnc4cc(C)nn34)C2)cc1. The van der Waals surface area contributed by atoms with Gasteiger partial charge in [-0.1, -0.05) is 12.1 Å². The van der Waals surface area contributed by atoms with Gasteiger partial charge < -0.3 is 4.90 Å². The Kier molecular flexibility index (Phi) is 4.68. The van der Waals surface area contributed by atoms with Crippen LogP contribution in [0.5, 0.6) is 0 Å². The lowest BCUT2D eigenvalue weighted by Crippen LogP contribution is -2.37. The minimum absolute atomic E-state index is 0.210. The van der Waals surface area contributed by atoms with Crippen molar-refractivity contribution in [3.63, 3.8) is 0 Å². The number of nitrogens with zero attached hydrogens (tertiary/aromatic N) is 4. The van der Waals surface area contributed by atoms with E-state index in [9.17, 15) is 4.79 Å². The van der Waals surface area contributed by atoms with Gasteiger partial charge in [-0.25, -0.2) is 9.50 Å². The summed E-state index contributed by atoms with van der Waals surface area (Å²) in [6.45, 7) is 3.35. The fourth-order valence-electron chi connectivity index (χ4n) is 3.47. The van der Waals surface area contributed by atoms with Crippen molar-refractivity contribution in [3.05, 3.63) is 59.0 Å². The van der Waals surface area contributed by atoms with Crippen LogP contribution >= 0.6 is 11.8 Å². The Hall–Kier alpha value is -2.34. The lowest BCUT2D eigenvalue weighted by atomic mass is 10.1. The monoisotopic (exact) mass is 366 g/mol. The molecular formula is C20H22N4OS. The average Bonchev–Trinajstić information content (AvgIpc) is 3.06. The Labute approximate surface area is 157 Å². The first kappa shape index (κ1) is 17.1. The first-order chi connectivity index (χ1) is 12.6. The van der Waals surface area contributed by atoms with Gasteiger partial charge in [0.2, 0.25) is 5.91 Å². The van der Waals surface area contributed by atoms with Crippen LogP contribution in [0.1, 0.15) is 28.9 Å². The number of aryl methyl sites for hydroxylation is 2. The number of fused-ring (bicyclic) bond motifs is 3. The third kappa shape index (κ3) is 3.33. The molecule has 1 aliphatic heterocycles. The highest BCUT2D eigenvalue weighted by molar-refractivity contribution is 7.98. The van der Waals surface area contributed by atoms with Gasteiger partial charge >= 0.3 is 0 Å². The molecule has 0 N–H and O–H groups in total. The smallest absolute Gasteiger partial charge is 0.223 e. The van der Waals surface area contributed by atoms with Crippen molar-refractivity contribution in [2.45, 2.75) is 37.6 Å². The summed E-state index contributed by atoms with van der Waals surface area (Å²) in [7, 11) is 0. The number of amides is 1. The van der Waals surface area contributed by atoms with E-state index in [0.717, 1.165) is 36.3 Å². The molecule has 0 atom stereocenters. The molecule has 4 rings (SSSR count). The number of aromatic nitrogens is 3. The fourth-order valence-corrected chi connectivity index (χ4v) is 3.88. The number of hydrogen-bond acceptors (Lipinski definition) is 4. The van der Waals surface area contributed by atoms with E-state index in [4.69, 9.17) is 0 Å². The molecule has 26 heavy (non-hydrogen) atoms. The van der Waals surface area contributed by atoms with E-state index in [-0.39, 0.29) is 5.91 Å². The van der Waals surface area contributed by atoms with Gasteiger partial charge in [-0.3, -0.25) is 4.79 Å². The van der Waals surface area contributed by atoms with E-state index in [2.05, 4.69) is 40.6 Å². The van der Waals surface area contributed by atoms with E-state index < -0.39 is 0 Å². The van der Waals surface area contributed by atoms with Crippen LogP contribution in [0.4, 0.5) is 0 Å². The molecule has 1 amide bonds. The van der Waals surface area contributed by atoms with E-state index in [1.807, 2.05) is 28.6 Å². The van der Waals surface area contributed by atoms with Crippen LogP contribution in [0.25, 0.3) is 5.65 Å². The third-order valence-electron chi connectivity index (χ3n) is 4.91. The van der Waals surface area contributed by atoms with Crippen LogP contribution in [-0.2, 0) is 24.2 Å². The Morgan fingerprint density at radius 3 is 2.85 bits per heavy atom. The molecule has 1 aromatic carbocycles. The fraction of sp³-hybridized carbons (Fsp3) is 0.350. The lowest BCUT2D eigenvalue weighted by Gasteiger charge is -2.28. The van der Waals surface area contributed by atoms with E-state index in [1.54, 1.807) is 11.8 Å². The Morgan fingerprint density at radius 1 is 1.27 bits per heavy atom. The molecule has 0 fully saturated rings. The van der Waals surface area contributed by atoms with Gasteiger partial charge in [0, 0.05) is 48.7 Å². The topological polar surface area (TPSA) is 50.5 Å². The van der Waals surface area contributed by atoms with Crippen molar-refractivity contribution in [1.29, 1.82) is 0 Å². The number of rotatable bonds is 4. The summed E-state index contributed by atoms with van der Waals surface area (Å²) in [5.41, 5.74) is 5.35. The van der Waals surface area contributed by atoms with Gasteiger partial charge in [-0.2, -0.15) is 5.10 Å². The quantitative estimate of drug-likeness (QED) is 0.665. The van der Waals surface area contributed by atoms with Crippen molar-refractivity contribution < 1.29 is 4.79 Å². The summed E-state index contributed by atoms with van der Waals surface area (Å²) in [6, 6.07) is 10.5. The van der Waals surface area contributed by atoms with Crippen molar-refractivity contribution in [3.8, 4) is 0 Å². The second-order valence-electron chi connectivity index (χ2n) is 6.70. The molecule has 0 radical (unpaired) electrons. The Morgan fingerprint density at radius 2 is 2.08 bits per heavy atom. The summed E-state index contributed by atoms with van der Waals surface area (Å²) in [4.78, 5) is 20.3. The first-order valence-electron chi connectivity index (χ1n) is 8.88. The van der Waals surface area contributed by atoms with Crippen LogP contribution in [0.15, 0.2) is 41.4 Å². The Bertz CT molecular complexity index is 948. The molecule has 0 unspecified atom stereocenters.